The highest BCUT2D eigenvalue weighted by Crippen LogP contribution is 2.30. The number of ketones is 1. The summed E-state index contributed by atoms with van der Waals surface area (Å²) in [4.78, 5) is 12.9. The van der Waals surface area contributed by atoms with E-state index < -0.39 is 20.9 Å². The molecular formula is C23H22BrNO4S. The van der Waals surface area contributed by atoms with Crippen molar-refractivity contribution in [3.8, 4) is 5.75 Å². The summed E-state index contributed by atoms with van der Waals surface area (Å²) in [7, 11) is -2.38. The second-order valence-electron chi connectivity index (χ2n) is 6.82. The average Bonchev–Trinajstić information content (AvgIpc) is 2.77. The van der Waals surface area contributed by atoms with E-state index >= 15 is 0 Å². The number of alkyl halides is 1. The van der Waals surface area contributed by atoms with Gasteiger partial charge in [-0.15, -0.1) is 0 Å². The van der Waals surface area contributed by atoms with E-state index in [9.17, 15) is 13.2 Å². The highest BCUT2D eigenvalue weighted by molar-refractivity contribution is 9.09. The third-order valence-corrected chi connectivity index (χ3v) is 7.20. The molecule has 1 N–H and O–H groups in total. The van der Waals surface area contributed by atoms with Crippen molar-refractivity contribution in [3.05, 3.63) is 95.6 Å². The fourth-order valence-electron chi connectivity index (χ4n) is 2.96. The van der Waals surface area contributed by atoms with Gasteiger partial charge in [-0.3, -0.25) is 4.79 Å². The fourth-order valence-corrected chi connectivity index (χ4v) is 5.02. The van der Waals surface area contributed by atoms with E-state index in [1.807, 2.05) is 37.3 Å². The van der Waals surface area contributed by atoms with Crippen LogP contribution in [0.15, 0.2) is 83.8 Å². The normalized spacial score (nSPS) is 13.4. The molecule has 0 spiro atoms. The first-order valence-electron chi connectivity index (χ1n) is 9.28. The number of benzene rings is 3. The molecular weight excluding hydrogens is 466 g/mol. The molecule has 30 heavy (non-hydrogen) atoms. The molecule has 0 aliphatic carbocycles. The van der Waals surface area contributed by atoms with Gasteiger partial charge in [0.05, 0.1) is 16.8 Å². The van der Waals surface area contributed by atoms with Gasteiger partial charge in [-0.25, -0.2) is 8.42 Å². The van der Waals surface area contributed by atoms with Crippen molar-refractivity contribution in [1.29, 1.82) is 0 Å². The number of carbonyl (C=O) groups excluding carboxylic acids is 1. The lowest BCUT2D eigenvalue weighted by molar-refractivity contribution is 0.0952. The number of hydrogen-bond acceptors (Lipinski definition) is 4. The molecule has 3 aromatic carbocycles. The molecule has 0 aromatic heterocycles. The van der Waals surface area contributed by atoms with Crippen LogP contribution in [0.4, 0.5) is 0 Å². The van der Waals surface area contributed by atoms with Gasteiger partial charge in [0.25, 0.3) is 0 Å². The number of sulfonamides is 1. The maximum atomic E-state index is 13.3. The largest absolute Gasteiger partial charge is 0.497 e. The topological polar surface area (TPSA) is 72.5 Å². The second-order valence-corrected chi connectivity index (χ2v) is 9.52. The summed E-state index contributed by atoms with van der Waals surface area (Å²) in [6.45, 7) is 1.88. The van der Waals surface area contributed by atoms with Crippen LogP contribution in [0.5, 0.6) is 5.75 Å². The molecule has 0 heterocycles. The Bertz CT molecular complexity index is 1100. The zero-order valence-electron chi connectivity index (χ0n) is 16.6. The van der Waals surface area contributed by atoms with Crippen LogP contribution >= 0.6 is 15.9 Å². The summed E-state index contributed by atoms with van der Waals surface area (Å²) in [5.74, 6) is 0.265. The number of nitrogens with one attached hydrogen (secondary N) is 1. The van der Waals surface area contributed by atoms with E-state index in [0.717, 1.165) is 11.1 Å². The Morgan fingerprint density at radius 3 is 2.10 bits per heavy atom. The van der Waals surface area contributed by atoms with E-state index in [2.05, 4.69) is 20.7 Å². The van der Waals surface area contributed by atoms with Crippen LogP contribution in [0.2, 0.25) is 0 Å². The lowest BCUT2D eigenvalue weighted by Crippen LogP contribution is -2.43. The molecule has 2 atom stereocenters. The molecule has 3 aromatic rings. The molecule has 0 saturated carbocycles. The molecule has 5 nitrogen and oxygen atoms in total. The van der Waals surface area contributed by atoms with Crippen molar-refractivity contribution in [2.45, 2.75) is 22.7 Å². The Morgan fingerprint density at radius 2 is 1.53 bits per heavy atom. The molecule has 3 rings (SSSR count). The van der Waals surface area contributed by atoms with Gasteiger partial charge in [-0.1, -0.05) is 64.0 Å². The number of Topliss-reactive ketones (excluding diaryl/α,β-unsaturated/α-hetero) is 1. The summed E-state index contributed by atoms with van der Waals surface area (Å²) in [5, 5.41) is 0. The molecule has 0 aliphatic heterocycles. The van der Waals surface area contributed by atoms with E-state index in [-0.39, 0.29) is 10.7 Å². The summed E-state index contributed by atoms with van der Waals surface area (Å²) in [6.07, 6.45) is 0. The molecule has 0 unspecified atom stereocenters. The third-order valence-electron chi connectivity index (χ3n) is 4.68. The first-order chi connectivity index (χ1) is 14.3. The summed E-state index contributed by atoms with van der Waals surface area (Å²) < 4.78 is 33.8. The molecule has 0 bridgehead atoms. The monoisotopic (exact) mass is 487 g/mol. The van der Waals surface area contributed by atoms with Crippen molar-refractivity contribution in [2.75, 3.05) is 7.11 Å². The highest BCUT2D eigenvalue weighted by Gasteiger charge is 2.33. The maximum Gasteiger partial charge on any atom is 0.241 e. The van der Waals surface area contributed by atoms with Crippen molar-refractivity contribution >= 4 is 31.7 Å². The van der Waals surface area contributed by atoms with Gasteiger partial charge in [-0.05, 0) is 48.9 Å². The Balaban J connectivity index is 1.98. The minimum Gasteiger partial charge on any atom is -0.497 e. The Hall–Kier alpha value is -2.48. The van der Waals surface area contributed by atoms with Crippen LogP contribution < -0.4 is 9.46 Å². The van der Waals surface area contributed by atoms with Gasteiger partial charge >= 0.3 is 0 Å². The minimum absolute atomic E-state index is 0.105. The van der Waals surface area contributed by atoms with E-state index in [1.54, 1.807) is 43.5 Å². The maximum absolute atomic E-state index is 13.3. The number of aryl methyl sites for hydroxylation is 1. The fraction of sp³-hybridized carbons (Fsp3) is 0.174. The van der Waals surface area contributed by atoms with Gasteiger partial charge in [0.15, 0.2) is 5.78 Å². The predicted molar refractivity (Wildman–Crippen MR) is 121 cm³/mol. The highest BCUT2D eigenvalue weighted by atomic mass is 79.9. The third kappa shape index (κ3) is 5.16. The number of methoxy groups -OCH3 is 1. The average molecular weight is 488 g/mol. The second kappa shape index (κ2) is 9.55. The molecule has 0 saturated heterocycles. The lowest BCUT2D eigenvalue weighted by Gasteiger charge is -2.23. The lowest BCUT2D eigenvalue weighted by atomic mass is 9.98. The molecule has 0 aliphatic rings. The molecule has 0 amide bonds. The number of ether oxygens (including phenoxy) is 1. The first-order valence-corrected chi connectivity index (χ1v) is 11.7. The van der Waals surface area contributed by atoms with Gasteiger partial charge in [0.2, 0.25) is 10.0 Å². The van der Waals surface area contributed by atoms with Crippen LogP contribution in [-0.2, 0) is 10.0 Å². The van der Waals surface area contributed by atoms with Crippen LogP contribution in [0.25, 0.3) is 0 Å². The van der Waals surface area contributed by atoms with E-state index in [0.29, 0.717) is 11.3 Å². The van der Waals surface area contributed by atoms with Gasteiger partial charge in [0, 0.05) is 5.56 Å². The zero-order chi connectivity index (χ0) is 21.7. The van der Waals surface area contributed by atoms with Crippen molar-refractivity contribution < 1.29 is 17.9 Å². The Morgan fingerprint density at radius 1 is 0.933 bits per heavy atom. The first kappa shape index (κ1) is 22.2. The number of hydrogen-bond donors (Lipinski definition) is 1. The van der Waals surface area contributed by atoms with E-state index in [4.69, 9.17) is 4.74 Å². The Kier molecular flexibility index (Phi) is 7.07. The quantitative estimate of drug-likeness (QED) is 0.370. The van der Waals surface area contributed by atoms with Crippen LogP contribution in [-0.4, -0.2) is 27.4 Å². The molecule has 7 heteroatoms. The minimum atomic E-state index is -3.92. The van der Waals surface area contributed by atoms with Gasteiger partial charge < -0.3 is 4.74 Å². The van der Waals surface area contributed by atoms with Crippen LogP contribution in [0.1, 0.15) is 26.3 Å². The SMILES string of the molecule is COc1ccc(C(=O)[C@H](NS(=O)(=O)c2ccc(C)cc2)[C@H](Br)c2ccccc2)cc1. The van der Waals surface area contributed by atoms with Gasteiger partial charge in [0.1, 0.15) is 11.8 Å². The summed E-state index contributed by atoms with van der Waals surface area (Å²) in [5.41, 5.74) is 2.12. The zero-order valence-corrected chi connectivity index (χ0v) is 19.0. The van der Waals surface area contributed by atoms with Crippen molar-refractivity contribution in [3.63, 3.8) is 0 Å². The molecule has 0 fully saturated rings. The summed E-state index contributed by atoms with van der Waals surface area (Å²) >= 11 is 3.54. The molecule has 156 valence electrons. The standard InChI is InChI=1S/C23H22BrNO4S/c1-16-8-14-20(15-9-16)30(27,28)25-22(21(24)17-6-4-3-5-7-17)23(26)18-10-12-19(29-2)13-11-18/h3-15,21-22,25H,1-2H3/t21-,22-/m1/s1. The number of halogens is 1. The van der Waals surface area contributed by atoms with E-state index in [1.165, 1.54) is 12.1 Å². The van der Waals surface area contributed by atoms with Crippen LogP contribution in [0.3, 0.4) is 0 Å². The Labute approximate surface area is 185 Å². The van der Waals surface area contributed by atoms with Crippen molar-refractivity contribution in [2.24, 2.45) is 0 Å². The van der Waals surface area contributed by atoms with Gasteiger partial charge in [-0.2, -0.15) is 4.72 Å². The van der Waals surface area contributed by atoms with Crippen LogP contribution in [0, 0.1) is 6.92 Å². The number of rotatable bonds is 8. The predicted octanol–water partition coefficient (Wildman–Crippen LogP) is 4.67. The summed E-state index contributed by atoms with van der Waals surface area (Å²) in [6, 6.07) is 21.3. The smallest absolute Gasteiger partial charge is 0.241 e. The molecule has 0 radical (unpaired) electrons. The van der Waals surface area contributed by atoms with Crippen molar-refractivity contribution in [1.82, 2.24) is 4.72 Å². The number of carbonyl (C=O) groups is 1.